The van der Waals surface area contributed by atoms with E-state index in [0.717, 1.165) is 31.9 Å². The third kappa shape index (κ3) is 3.01. The first-order chi connectivity index (χ1) is 8.06. The van der Waals surface area contributed by atoms with E-state index in [0.29, 0.717) is 10.3 Å². The van der Waals surface area contributed by atoms with E-state index in [9.17, 15) is 4.79 Å². The molecule has 1 aliphatic rings. The van der Waals surface area contributed by atoms with Crippen molar-refractivity contribution >= 4 is 34.8 Å². The minimum absolute atomic E-state index is 0.121. The number of rotatable bonds is 1. The molecule has 0 aromatic carbocycles. The van der Waals surface area contributed by atoms with Gasteiger partial charge in [-0.15, -0.1) is 0 Å². The molecule has 0 N–H and O–H groups in total. The summed E-state index contributed by atoms with van der Waals surface area (Å²) >= 11 is 11.7. The molecule has 1 aromatic rings. The number of aromatic nitrogens is 1. The molecular weight excluding hydrogens is 261 g/mol. The van der Waals surface area contributed by atoms with Crippen LogP contribution in [0.1, 0.15) is 6.92 Å². The number of hydrogen-bond acceptors (Lipinski definition) is 3. The van der Waals surface area contributed by atoms with Crippen molar-refractivity contribution in [3.63, 3.8) is 0 Å². The molecule has 0 radical (unpaired) electrons. The van der Waals surface area contributed by atoms with Gasteiger partial charge in [0.15, 0.2) is 0 Å². The molecule has 2 heterocycles. The summed E-state index contributed by atoms with van der Waals surface area (Å²) in [6.07, 6.45) is 0. The van der Waals surface area contributed by atoms with Crippen LogP contribution in [0.4, 0.5) is 5.69 Å². The van der Waals surface area contributed by atoms with Crippen LogP contribution in [-0.2, 0) is 4.79 Å². The quantitative estimate of drug-likeness (QED) is 0.735. The summed E-state index contributed by atoms with van der Waals surface area (Å²) in [5.41, 5.74) is 0.957. The average Bonchev–Trinajstić information content (AvgIpc) is 2.28. The average molecular weight is 274 g/mol. The predicted octanol–water partition coefficient (Wildman–Crippen LogP) is 2.06. The molecule has 1 aliphatic heterocycles. The zero-order valence-electron chi connectivity index (χ0n) is 9.49. The van der Waals surface area contributed by atoms with Crippen molar-refractivity contribution in [1.82, 2.24) is 9.88 Å². The van der Waals surface area contributed by atoms with Crippen molar-refractivity contribution in [3.05, 3.63) is 22.4 Å². The third-order valence-corrected chi connectivity index (χ3v) is 3.22. The van der Waals surface area contributed by atoms with Gasteiger partial charge < -0.3 is 9.80 Å². The van der Waals surface area contributed by atoms with Crippen LogP contribution in [0.3, 0.4) is 0 Å². The highest BCUT2D eigenvalue weighted by atomic mass is 35.5. The van der Waals surface area contributed by atoms with Gasteiger partial charge in [0.1, 0.15) is 10.3 Å². The van der Waals surface area contributed by atoms with Gasteiger partial charge in [-0.3, -0.25) is 4.79 Å². The van der Waals surface area contributed by atoms with Crippen LogP contribution >= 0.6 is 23.2 Å². The van der Waals surface area contributed by atoms with E-state index in [1.807, 2.05) is 4.90 Å². The Labute approximate surface area is 110 Å². The largest absolute Gasteiger partial charge is 0.368 e. The summed E-state index contributed by atoms with van der Waals surface area (Å²) in [6.45, 7) is 4.63. The molecule has 0 aliphatic carbocycles. The van der Waals surface area contributed by atoms with Crippen molar-refractivity contribution in [3.8, 4) is 0 Å². The van der Waals surface area contributed by atoms with E-state index >= 15 is 0 Å². The minimum atomic E-state index is 0.121. The van der Waals surface area contributed by atoms with Gasteiger partial charge in [0.2, 0.25) is 5.91 Å². The topological polar surface area (TPSA) is 36.4 Å². The zero-order valence-corrected chi connectivity index (χ0v) is 11.0. The van der Waals surface area contributed by atoms with E-state index in [1.54, 1.807) is 19.1 Å². The van der Waals surface area contributed by atoms with Gasteiger partial charge in [0.05, 0.1) is 0 Å². The van der Waals surface area contributed by atoms with Crippen LogP contribution < -0.4 is 4.90 Å². The van der Waals surface area contributed by atoms with Crippen LogP contribution in [0, 0.1) is 0 Å². The van der Waals surface area contributed by atoms with Gasteiger partial charge in [0, 0.05) is 38.8 Å². The molecule has 1 aromatic heterocycles. The lowest BCUT2D eigenvalue weighted by molar-refractivity contribution is -0.129. The Balaban J connectivity index is 2.07. The number of carbonyl (C=O) groups is 1. The number of amides is 1. The fraction of sp³-hybridized carbons (Fsp3) is 0.455. The first-order valence-corrected chi connectivity index (χ1v) is 6.15. The normalized spacial score (nSPS) is 16.2. The van der Waals surface area contributed by atoms with Crippen LogP contribution in [0.15, 0.2) is 12.1 Å². The SMILES string of the molecule is CC(=O)N1CCN(c2cc(Cl)nc(Cl)c2)CC1. The van der Waals surface area contributed by atoms with Gasteiger partial charge in [0.25, 0.3) is 0 Å². The second-order valence-electron chi connectivity index (χ2n) is 3.96. The maximum atomic E-state index is 11.2. The Morgan fingerprint density at radius 3 is 2.18 bits per heavy atom. The summed E-state index contributed by atoms with van der Waals surface area (Å²) in [7, 11) is 0. The van der Waals surface area contributed by atoms with Gasteiger partial charge in [-0.2, -0.15) is 0 Å². The standard InChI is InChI=1S/C11H13Cl2N3O/c1-8(17)15-2-4-16(5-3-15)9-6-10(12)14-11(13)7-9/h6-7H,2-5H2,1H3. The first-order valence-electron chi connectivity index (χ1n) is 5.40. The zero-order chi connectivity index (χ0) is 12.4. The maximum absolute atomic E-state index is 11.2. The Kier molecular flexibility index (Phi) is 3.74. The van der Waals surface area contributed by atoms with Crippen molar-refractivity contribution < 1.29 is 4.79 Å². The number of pyridine rings is 1. The minimum Gasteiger partial charge on any atom is -0.368 e. The van der Waals surface area contributed by atoms with Crippen LogP contribution in [-0.4, -0.2) is 42.0 Å². The molecule has 1 saturated heterocycles. The summed E-state index contributed by atoms with van der Waals surface area (Å²) < 4.78 is 0. The maximum Gasteiger partial charge on any atom is 0.219 e. The van der Waals surface area contributed by atoms with Crippen molar-refractivity contribution in [1.29, 1.82) is 0 Å². The number of nitrogens with zero attached hydrogens (tertiary/aromatic N) is 3. The van der Waals surface area contributed by atoms with Crippen molar-refractivity contribution in [2.45, 2.75) is 6.92 Å². The van der Waals surface area contributed by atoms with Gasteiger partial charge in [-0.1, -0.05) is 23.2 Å². The molecule has 6 heteroatoms. The second-order valence-corrected chi connectivity index (χ2v) is 4.74. The lowest BCUT2D eigenvalue weighted by Crippen LogP contribution is -2.48. The molecule has 0 unspecified atom stereocenters. The molecule has 0 bridgehead atoms. The highest BCUT2D eigenvalue weighted by Gasteiger charge is 2.19. The molecule has 0 spiro atoms. The number of anilines is 1. The molecule has 17 heavy (non-hydrogen) atoms. The van der Waals surface area contributed by atoms with E-state index in [1.165, 1.54) is 0 Å². The smallest absolute Gasteiger partial charge is 0.219 e. The highest BCUT2D eigenvalue weighted by Crippen LogP contribution is 2.23. The van der Waals surface area contributed by atoms with E-state index in [4.69, 9.17) is 23.2 Å². The lowest BCUT2D eigenvalue weighted by atomic mass is 10.2. The number of carbonyl (C=O) groups excluding carboxylic acids is 1. The fourth-order valence-electron chi connectivity index (χ4n) is 1.91. The van der Waals surface area contributed by atoms with E-state index in [2.05, 4.69) is 9.88 Å². The van der Waals surface area contributed by atoms with E-state index in [-0.39, 0.29) is 5.91 Å². The predicted molar refractivity (Wildman–Crippen MR) is 68.7 cm³/mol. The van der Waals surface area contributed by atoms with Crippen LogP contribution in [0.5, 0.6) is 0 Å². The molecular formula is C11H13Cl2N3O. The third-order valence-electron chi connectivity index (χ3n) is 2.84. The lowest BCUT2D eigenvalue weighted by Gasteiger charge is -2.35. The number of piperazine rings is 1. The molecule has 2 rings (SSSR count). The number of hydrogen-bond donors (Lipinski definition) is 0. The monoisotopic (exact) mass is 273 g/mol. The van der Waals surface area contributed by atoms with Gasteiger partial charge in [-0.25, -0.2) is 4.98 Å². The summed E-state index contributed by atoms with van der Waals surface area (Å²) in [6, 6.07) is 3.58. The Bertz CT molecular complexity index is 410. The van der Waals surface area contributed by atoms with Crippen LogP contribution in [0.2, 0.25) is 10.3 Å². The molecule has 0 atom stereocenters. The number of halogens is 2. The molecule has 1 amide bonds. The highest BCUT2D eigenvalue weighted by molar-refractivity contribution is 6.32. The second kappa shape index (κ2) is 5.10. The summed E-state index contributed by atoms with van der Waals surface area (Å²) in [5, 5.41) is 0.781. The first kappa shape index (κ1) is 12.5. The van der Waals surface area contributed by atoms with Crippen LogP contribution in [0.25, 0.3) is 0 Å². The van der Waals surface area contributed by atoms with Gasteiger partial charge in [-0.05, 0) is 12.1 Å². The fourth-order valence-corrected chi connectivity index (χ4v) is 2.36. The Morgan fingerprint density at radius 2 is 1.71 bits per heavy atom. The molecule has 0 saturated carbocycles. The molecule has 1 fully saturated rings. The van der Waals surface area contributed by atoms with Crippen molar-refractivity contribution in [2.24, 2.45) is 0 Å². The summed E-state index contributed by atoms with van der Waals surface area (Å²) in [5.74, 6) is 0.121. The Hall–Kier alpha value is -1.00. The molecule has 4 nitrogen and oxygen atoms in total. The Morgan fingerprint density at radius 1 is 1.18 bits per heavy atom. The van der Waals surface area contributed by atoms with E-state index < -0.39 is 0 Å². The van der Waals surface area contributed by atoms with Gasteiger partial charge >= 0.3 is 0 Å². The molecule has 92 valence electrons. The van der Waals surface area contributed by atoms with Crippen molar-refractivity contribution in [2.75, 3.05) is 31.1 Å². The summed E-state index contributed by atoms with van der Waals surface area (Å²) in [4.78, 5) is 19.1.